The Kier molecular flexibility index (Phi) is 6.47. The predicted octanol–water partition coefficient (Wildman–Crippen LogP) is 2.87. The zero-order chi connectivity index (χ0) is 20.1. The first-order chi connectivity index (χ1) is 13.5. The maximum Gasteiger partial charge on any atom is 0.236 e. The lowest BCUT2D eigenvalue weighted by atomic mass is 10.2. The second kappa shape index (κ2) is 9.02. The number of carbonyl (C=O) groups is 1. The van der Waals surface area contributed by atoms with Crippen molar-refractivity contribution >= 4 is 34.1 Å². The molecule has 1 aromatic carbocycles. The first-order valence-electron chi connectivity index (χ1n) is 8.44. The van der Waals surface area contributed by atoms with Gasteiger partial charge < -0.3 is 14.0 Å². The van der Waals surface area contributed by atoms with Crippen molar-refractivity contribution in [3.8, 4) is 22.9 Å². The number of aromatic nitrogens is 5. The largest absolute Gasteiger partial charge is 0.493 e. The molecule has 0 spiro atoms. The molecule has 9 nitrogen and oxygen atoms in total. The number of thioether (sulfide) groups is 1. The van der Waals surface area contributed by atoms with Crippen LogP contribution in [0.25, 0.3) is 11.4 Å². The van der Waals surface area contributed by atoms with E-state index >= 15 is 0 Å². The Morgan fingerprint density at radius 1 is 1.18 bits per heavy atom. The van der Waals surface area contributed by atoms with Gasteiger partial charge >= 0.3 is 0 Å². The van der Waals surface area contributed by atoms with E-state index in [9.17, 15) is 4.79 Å². The number of amides is 1. The summed E-state index contributed by atoms with van der Waals surface area (Å²) in [6.45, 7) is 4.50. The number of aryl methyl sites for hydroxylation is 1. The smallest absolute Gasteiger partial charge is 0.236 e. The predicted molar refractivity (Wildman–Crippen MR) is 108 cm³/mol. The third-order valence-corrected chi connectivity index (χ3v) is 5.50. The number of carbonyl (C=O) groups excluding carboxylic acids is 1. The molecule has 28 heavy (non-hydrogen) atoms. The minimum Gasteiger partial charge on any atom is -0.493 e. The Labute approximate surface area is 170 Å². The minimum absolute atomic E-state index is 0.167. The maximum absolute atomic E-state index is 12.1. The summed E-state index contributed by atoms with van der Waals surface area (Å²) in [6, 6.07) is 5.58. The van der Waals surface area contributed by atoms with Gasteiger partial charge in [0.2, 0.25) is 11.0 Å². The molecule has 2 heterocycles. The van der Waals surface area contributed by atoms with Crippen LogP contribution in [0.4, 0.5) is 5.13 Å². The SMILES string of the molecule is CCn1c(SCC(=O)Nc2nnc(C)s2)nnc1-c1ccc(OC)c(OC)c1. The van der Waals surface area contributed by atoms with Crippen molar-refractivity contribution in [1.29, 1.82) is 0 Å². The summed E-state index contributed by atoms with van der Waals surface area (Å²) in [4.78, 5) is 12.1. The van der Waals surface area contributed by atoms with Crippen LogP contribution in [0.15, 0.2) is 23.4 Å². The molecule has 0 radical (unpaired) electrons. The molecule has 3 aromatic rings. The Balaban J connectivity index is 1.74. The highest BCUT2D eigenvalue weighted by molar-refractivity contribution is 7.99. The summed E-state index contributed by atoms with van der Waals surface area (Å²) in [5.41, 5.74) is 0.854. The van der Waals surface area contributed by atoms with Crippen LogP contribution in [-0.4, -0.2) is 50.8 Å². The standard InChI is InChI=1S/C17H20N6O3S2/c1-5-23-15(11-6-7-12(25-3)13(8-11)26-4)20-22-17(23)27-9-14(24)18-16-21-19-10(2)28-16/h6-8H,5,9H2,1-4H3,(H,18,21,24). The van der Waals surface area contributed by atoms with E-state index in [1.807, 2.05) is 36.6 Å². The lowest BCUT2D eigenvalue weighted by Crippen LogP contribution is -2.14. The minimum atomic E-state index is -0.167. The van der Waals surface area contributed by atoms with Gasteiger partial charge in [0.25, 0.3) is 0 Å². The van der Waals surface area contributed by atoms with Gasteiger partial charge in [0.1, 0.15) is 5.01 Å². The molecule has 1 N–H and O–H groups in total. The van der Waals surface area contributed by atoms with Crippen LogP contribution < -0.4 is 14.8 Å². The first kappa shape index (κ1) is 20.1. The maximum atomic E-state index is 12.1. The van der Waals surface area contributed by atoms with E-state index in [4.69, 9.17) is 9.47 Å². The monoisotopic (exact) mass is 420 g/mol. The third-order valence-electron chi connectivity index (χ3n) is 3.78. The van der Waals surface area contributed by atoms with Crippen LogP contribution in [0.5, 0.6) is 11.5 Å². The molecular weight excluding hydrogens is 400 g/mol. The summed E-state index contributed by atoms with van der Waals surface area (Å²) in [7, 11) is 3.18. The second-order valence-corrected chi connectivity index (χ2v) is 7.71. The molecular formula is C17H20N6O3S2. The third kappa shape index (κ3) is 4.42. The van der Waals surface area contributed by atoms with Crippen LogP contribution in [0, 0.1) is 6.92 Å². The van der Waals surface area contributed by atoms with Crippen molar-refractivity contribution in [3.05, 3.63) is 23.2 Å². The van der Waals surface area contributed by atoms with Crippen molar-refractivity contribution in [3.63, 3.8) is 0 Å². The fourth-order valence-electron chi connectivity index (χ4n) is 2.50. The highest BCUT2D eigenvalue weighted by Gasteiger charge is 2.17. The van der Waals surface area contributed by atoms with Crippen molar-refractivity contribution in [2.24, 2.45) is 0 Å². The quantitative estimate of drug-likeness (QED) is 0.555. The van der Waals surface area contributed by atoms with Crippen molar-refractivity contribution in [2.45, 2.75) is 25.5 Å². The molecule has 1 amide bonds. The van der Waals surface area contributed by atoms with Crippen molar-refractivity contribution < 1.29 is 14.3 Å². The Morgan fingerprint density at radius 2 is 1.96 bits per heavy atom. The number of nitrogens with one attached hydrogen (secondary N) is 1. The molecule has 0 aliphatic heterocycles. The summed E-state index contributed by atoms with van der Waals surface area (Å²) in [5, 5.41) is 21.0. The number of ether oxygens (including phenoxy) is 2. The molecule has 0 saturated heterocycles. The van der Waals surface area contributed by atoms with Crippen molar-refractivity contribution in [1.82, 2.24) is 25.0 Å². The molecule has 0 bridgehead atoms. The Hall–Kier alpha value is -2.66. The zero-order valence-electron chi connectivity index (χ0n) is 15.9. The Morgan fingerprint density at radius 3 is 2.61 bits per heavy atom. The van der Waals surface area contributed by atoms with Crippen LogP contribution in [0.2, 0.25) is 0 Å². The fourth-order valence-corrected chi connectivity index (χ4v) is 3.91. The van der Waals surface area contributed by atoms with Gasteiger partial charge in [-0.3, -0.25) is 10.1 Å². The lowest BCUT2D eigenvalue weighted by molar-refractivity contribution is -0.113. The number of rotatable bonds is 8. The van der Waals surface area contributed by atoms with Gasteiger partial charge in [0, 0.05) is 12.1 Å². The number of nitrogens with zero attached hydrogens (tertiary/aromatic N) is 5. The van der Waals surface area contributed by atoms with E-state index in [-0.39, 0.29) is 11.7 Å². The summed E-state index contributed by atoms with van der Waals surface area (Å²) < 4.78 is 12.6. The molecule has 0 aliphatic carbocycles. The van der Waals surface area contributed by atoms with Gasteiger partial charge in [0.15, 0.2) is 22.5 Å². The van der Waals surface area contributed by atoms with Gasteiger partial charge in [-0.05, 0) is 32.0 Å². The van der Waals surface area contributed by atoms with Crippen LogP contribution in [0.1, 0.15) is 11.9 Å². The molecule has 3 rings (SSSR count). The summed E-state index contributed by atoms with van der Waals surface area (Å²) >= 11 is 2.65. The van der Waals surface area contributed by atoms with E-state index < -0.39 is 0 Å². The summed E-state index contributed by atoms with van der Waals surface area (Å²) in [6.07, 6.45) is 0. The first-order valence-corrected chi connectivity index (χ1v) is 10.2. The highest BCUT2D eigenvalue weighted by Crippen LogP contribution is 2.32. The summed E-state index contributed by atoms with van der Waals surface area (Å²) in [5.74, 6) is 1.99. The number of methoxy groups -OCH3 is 2. The highest BCUT2D eigenvalue weighted by atomic mass is 32.2. The molecule has 0 aliphatic rings. The molecule has 0 saturated carbocycles. The second-order valence-electron chi connectivity index (χ2n) is 5.58. The van der Waals surface area contributed by atoms with E-state index in [0.29, 0.717) is 34.2 Å². The number of hydrogen-bond donors (Lipinski definition) is 1. The van der Waals surface area contributed by atoms with E-state index in [0.717, 1.165) is 10.6 Å². The zero-order valence-corrected chi connectivity index (χ0v) is 17.6. The lowest BCUT2D eigenvalue weighted by Gasteiger charge is -2.10. The number of benzene rings is 1. The Bertz CT molecular complexity index is 972. The number of hydrogen-bond acceptors (Lipinski definition) is 9. The number of anilines is 1. The van der Waals surface area contributed by atoms with Crippen LogP contribution in [0.3, 0.4) is 0 Å². The van der Waals surface area contributed by atoms with Gasteiger partial charge in [-0.1, -0.05) is 23.1 Å². The molecule has 2 aromatic heterocycles. The van der Waals surface area contributed by atoms with Gasteiger partial charge in [-0.25, -0.2) is 0 Å². The normalized spacial score (nSPS) is 10.7. The topological polar surface area (TPSA) is 104 Å². The van der Waals surface area contributed by atoms with Gasteiger partial charge in [0.05, 0.1) is 20.0 Å². The van der Waals surface area contributed by atoms with Gasteiger partial charge in [-0.2, -0.15) is 0 Å². The molecule has 0 unspecified atom stereocenters. The van der Waals surface area contributed by atoms with Crippen LogP contribution >= 0.6 is 23.1 Å². The van der Waals surface area contributed by atoms with E-state index in [1.54, 1.807) is 14.2 Å². The molecule has 11 heteroatoms. The molecule has 0 atom stereocenters. The average molecular weight is 421 g/mol. The van der Waals surface area contributed by atoms with Gasteiger partial charge in [-0.15, -0.1) is 20.4 Å². The molecule has 0 fully saturated rings. The molecule has 148 valence electrons. The van der Waals surface area contributed by atoms with E-state index in [2.05, 4.69) is 25.7 Å². The van der Waals surface area contributed by atoms with Crippen molar-refractivity contribution in [2.75, 3.05) is 25.3 Å². The average Bonchev–Trinajstić information content (AvgIpc) is 3.31. The van der Waals surface area contributed by atoms with E-state index in [1.165, 1.54) is 23.1 Å². The fraction of sp³-hybridized carbons (Fsp3) is 0.353. The van der Waals surface area contributed by atoms with Crippen LogP contribution in [-0.2, 0) is 11.3 Å².